The molecule has 8 nitrogen and oxygen atoms in total. The van der Waals surface area contributed by atoms with Crippen molar-refractivity contribution in [2.45, 2.75) is 24.9 Å². The second-order valence-corrected chi connectivity index (χ2v) is 8.45. The number of carbonyl (C=O) groups is 4. The Bertz CT molecular complexity index is 1150. The molecule has 1 aliphatic heterocycles. The summed E-state index contributed by atoms with van der Waals surface area (Å²) in [5.41, 5.74) is 5.18. The van der Waals surface area contributed by atoms with Crippen molar-refractivity contribution in [1.29, 1.82) is 0 Å². The number of ketones is 2. The number of nitrogens with zero attached hydrogens (tertiary/aromatic N) is 1. The molecule has 0 saturated carbocycles. The van der Waals surface area contributed by atoms with E-state index >= 15 is 0 Å². The van der Waals surface area contributed by atoms with Crippen LogP contribution >= 0.6 is 11.8 Å². The first-order chi connectivity index (χ1) is 15.4. The highest BCUT2D eigenvalue weighted by Crippen LogP contribution is 2.45. The molecule has 1 amide bonds. The fraction of sp³-hybridized carbons (Fsp3) is 0.261. The zero-order valence-electron chi connectivity index (χ0n) is 17.3. The van der Waals surface area contributed by atoms with Gasteiger partial charge in [-0.3, -0.25) is 19.4 Å². The number of nitrogens with two attached hydrogens (primary N) is 1. The summed E-state index contributed by atoms with van der Waals surface area (Å²) in [6.45, 7) is 1.66. The van der Waals surface area contributed by atoms with E-state index in [9.17, 15) is 19.2 Å². The molecule has 0 saturated heterocycles. The summed E-state index contributed by atoms with van der Waals surface area (Å²) in [6, 6.07) is 11.3. The van der Waals surface area contributed by atoms with Gasteiger partial charge < -0.3 is 15.8 Å². The van der Waals surface area contributed by atoms with Gasteiger partial charge in [-0.25, -0.2) is 4.79 Å². The zero-order valence-corrected chi connectivity index (χ0v) is 18.1. The summed E-state index contributed by atoms with van der Waals surface area (Å²) in [5, 5.41) is 2.66. The van der Waals surface area contributed by atoms with E-state index < -0.39 is 35.0 Å². The van der Waals surface area contributed by atoms with E-state index in [4.69, 9.17) is 10.5 Å². The lowest BCUT2D eigenvalue weighted by Crippen LogP contribution is -2.62. The normalized spacial score (nSPS) is 20.4. The quantitative estimate of drug-likeness (QED) is 0.632. The van der Waals surface area contributed by atoms with Gasteiger partial charge in [-0.15, -0.1) is 11.8 Å². The van der Waals surface area contributed by atoms with Crippen LogP contribution in [0, 0.1) is 0 Å². The molecule has 0 fully saturated rings. The first kappa shape index (κ1) is 21.9. The standard InChI is InChI=1S/C23H21N3O5S/c1-2-31-22(30)23(26-21(29)15(24)11-13-7-4-3-5-8-13)12-32-20-16(23)19(28)17-14(18(20)27)9-6-10-25-17/h3-10,15H,2,11-12,24H2,1H3,(H,26,29)/t15-,23-/m0/s1. The third-order valence-corrected chi connectivity index (χ3v) is 6.64. The number of benzene rings is 1. The van der Waals surface area contributed by atoms with Crippen molar-refractivity contribution in [2.75, 3.05) is 12.4 Å². The maximum Gasteiger partial charge on any atom is 0.337 e. The molecule has 2 aliphatic rings. The highest BCUT2D eigenvalue weighted by molar-refractivity contribution is 8.04. The molecular weight excluding hydrogens is 430 g/mol. The molecule has 0 bridgehead atoms. The van der Waals surface area contributed by atoms with Crippen LogP contribution in [0.3, 0.4) is 0 Å². The Morgan fingerprint density at radius 2 is 1.94 bits per heavy atom. The summed E-state index contributed by atoms with van der Waals surface area (Å²) < 4.78 is 5.22. The van der Waals surface area contributed by atoms with E-state index in [0.717, 1.165) is 17.3 Å². The second-order valence-electron chi connectivity index (χ2n) is 7.46. The summed E-state index contributed by atoms with van der Waals surface area (Å²) in [7, 11) is 0. The second kappa shape index (κ2) is 8.68. The molecular formula is C23H21N3O5S. The van der Waals surface area contributed by atoms with Crippen LogP contribution in [0.15, 0.2) is 59.1 Å². The highest BCUT2D eigenvalue weighted by atomic mass is 32.2. The van der Waals surface area contributed by atoms with E-state index in [-0.39, 0.29) is 40.5 Å². The van der Waals surface area contributed by atoms with E-state index in [2.05, 4.69) is 10.3 Å². The molecule has 1 aromatic carbocycles. The van der Waals surface area contributed by atoms with Gasteiger partial charge in [0.2, 0.25) is 17.5 Å². The zero-order chi connectivity index (χ0) is 22.9. The number of amides is 1. The molecule has 2 heterocycles. The van der Waals surface area contributed by atoms with Gasteiger partial charge in [0.15, 0.2) is 5.54 Å². The van der Waals surface area contributed by atoms with Crippen LogP contribution in [0.2, 0.25) is 0 Å². The number of nitrogens with one attached hydrogen (secondary N) is 1. The number of allylic oxidation sites excluding steroid dienone is 1. The fourth-order valence-electron chi connectivity index (χ4n) is 3.83. The Morgan fingerprint density at radius 1 is 1.19 bits per heavy atom. The number of pyridine rings is 1. The monoisotopic (exact) mass is 451 g/mol. The third kappa shape index (κ3) is 3.63. The molecule has 3 N–H and O–H groups in total. The number of fused-ring (bicyclic) bond motifs is 1. The van der Waals surface area contributed by atoms with Crippen LogP contribution < -0.4 is 11.1 Å². The molecule has 1 aromatic heterocycles. The van der Waals surface area contributed by atoms with Gasteiger partial charge in [-0.1, -0.05) is 30.3 Å². The Labute approximate surface area is 188 Å². The van der Waals surface area contributed by atoms with E-state index in [1.54, 1.807) is 13.0 Å². The summed E-state index contributed by atoms with van der Waals surface area (Å²) in [6.07, 6.45) is 1.64. The molecule has 1 aliphatic carbocycles. The number of rotatable bonds is 6. The van der Waals surface area contributed by atoms with Gasteiger partial charge in [0, 0.05) is 11.9 Å². The van der Waals surface area contributed by atoms with Crippen molar-refractivity contribution >= 4 is 35.2 Å². The maximum atomic E-state index is 13.3. The third-order valence-electron chi connectivity index (χ3n) is 5.38. The largest absolute Gasteiger partial charge is 0.464 e. The smallest absolute Gasteiger partial charge is 0.337 e. The lowest BCUT2D eigenvalue weighted by atomic mass is 9.81. The maximum absolute atomic E-state index is 13.3. The number of aromatic nitrogens is 1. The molecule has 2 atom stereocenters. The molecule has 0 unspecified atom stereocenters. The summed E-state index contributed by atoms with van der Waals surface area (Å²) >= 11 is 1.05. The predicted octanol–water partition coefficient (Wildman–Crippen LogP) is 1.45. The van der Waals surface area contributed by atoms with Crippen molar-refractivity contribution in [2.24, 2.45) is 5.73 Å². The van der Waals surface area contributed by atoms with Crippen LogP contribution in [-0.2, 0) is 20.7 Å². The number of carbonyl (C=O) groups excluding carboxylic acids is 4. The van der Waals surface area contributed by atoms with E-state index in [1.165, 1.54) is 12.3 Å². The SMILES string of the molecule is CCOC(=O)[C@]1(NC(=O)[C@@H](N)Cc2ccccc2)CSC2=C1C(=O)c1ncccc1C2=O. The Balaban J connectivity index is 1.70. The van der Waals surface area contributed by atoms with Crippen molar-refractivity contribution in [3.05, 3.63) is 76.0 Å². The van der Waals surface area contributed by atoms with Crippen LogP contribution in [0.4, 0.5) is 0 Å². The molecule has 164 valence electrons. The first-order valence-corrected chi connectivity index (χ1v) is 11.1. The van der Waals surface area contributed by atoms with Gasteiger partial charge in [0.1, 0.15) is 5.69 Å². The predicted molar refractivity (Wildman–Crippen MR) is 118 cm³/mol. The average Bonchev–Trinajstić information content (AvgIpc) is 3.19. The minimum atomic E-state index is -1.82. The van der Waals surface area contributed by atoms with Crippen LogP contribution in [-0.4, -0.2) is 52.4 Å². The average molecular weight is 452 g/mol. The Kier molecular flexibility index (Phi) is 5.94. The molecule has 0 spiro atoms. The number of esters is 1. The molecule has 32 heavy (non-hydrogen) atoms. The van der Waals surface area contributed by atoms with Crippen LogP contribution in [0.1, 0.15) is 33.3 Å². The van der Waals surface area contributed by atoms with E-state index in [0.29, 0.717) is 0 Å². The van der Waals surface area contributed by atoms with Crippen molar-refractivity contribution in [3.8, 4) is 0 Å². The first-order valence-electron chi connectivity index (χ1n) is 10.1. The number of thioether (sulfide) groups is 1. The minimum Gasteiger partial charge on any atom is -0.464 e. The fourth-order valence-corrected chi connectivity index (χ4v) is 5.18. The topological polar surface area (TPSA) is 128 Å². The lowest BCUT2D eigenvalue weighted by molar-refractivity contribution is -0.150. The number of Topliss-reactive ketones (excluding diaryl/α,β-unsaturated/α-hetero) is 2. The minimum absolute atomic E-state index is 0.0385. The molecule has 9 heteroatoms. The Morgan fingerprint density at radius 3 is 2.66 bits per heavy atom. The number of ether oxygens (including phenoxy) is 1. The number of hydrogen-bond donors (Lipinski definition) is 2. The number of hydrogen-bond acceptors (Lipinski definition) is 8. The molecule has 0 radical (unpaired) electrons. The van der Waals surface area contributed by atoms with Gasteiger partial charge in [0.25, 0.3) is 0 Å². The highest BCUT2D eigenvalue weighted by Gasteiger charge is 2.57. The summed E-state index contributed by atoms with van der Waals surface area (Å²) in [5.74, 6) is -2.46. The van der Waals surface area contributed by atoms with Crippen molar-refractivity contribution in [1.82, 2.24) is 10.3 Å². The van der Waals surface area contributed by atoms with Gasteiger partial charge in [-0.2, -0.15) is 0 Å². The van der Waals surface area contributed by atoms with Gasteiger partial charge in [0.05, 0.1) is 28.7 Å². The lowest BCUT2D eigenvalue weighted by Gasteiger charge is -2.31. The van der Waals surface area contributed by atoms with Gasteiger partial charge >= 0.3 is 5.97 Å². The van der Waals surface area contributed by atoms with Crippen molar-refractivity contribution in [3.63, 3.8) is 0 Å². The van der Waals surface area contributed by atoms with E-state index in [1.807, 2.05) is 30.3 Å². The van der Waals surface area contributed by atoms with Crippen molar-refractivity contribution < 1.29 is 23.9 Å². The summed E-state index contributed by atoms with van der Waals surface area (Å²) in [4.78, 5) is 56.7. The van der Waals surface area contributed by atoms with Crippen LogP contribution in [0.5, 0.6) is 0 Å². The Hall–Kier alpha value is -3.30. The molecule has 2 aromatic rings. The molecule has 4 rings (SSSR count). The van der Waals surface area contributed by atoms with Gasteiger partial charge in [-0.05, 0) is 31.0 Å². The van der Waals surface area contributed by atoms with Crippen LogP contribution in [0.25, 0.3) is 0 Å².